The van der Waals surface area contributed by atoms with Crippen molar-refractivity contribution in [3.63, 3.8) is 0 Å². The second kappa shape index (κ2) is 10.2. The van der Waals surface area contributed by atoms with Crippen molar-refractivity contribution < 1.29 is 32.2 Å². The van der Waals surface area contributed by atoms with Crippen molar-refractivity contribution >= 4 is 33.3 Å². The lowest BCUT2D eigenvalue weighted by Crippen LogP contribution is -2.41. The Hall–Kier alpha value is -2.50. The van der Waals surface area contributed by atoms with Gasteiger partial charge < -0.3 is 14.8 Å². The van der Waals surface area contributed by atoms with Crippen LogP contribution in [0.25, 0.3) is 0 Å². The minimum absolute atomic E-state index is 0.0181. The Bertz CT molecular complexity index is 932. The number of nitrogens with one attached hydrogen (secondary N) is 1. The lowest BCUT2D eigenvalue weighted by molar-refractivity contribution is -0.274. The molecule has 166 valence electrons. The fourth-order valence-electron chi connectivity index (χ4n) is 2.94. The zero-order valence-electron chi connectivity index (χ0n) is 16.2. The quantitative estimate of drug-likeness (QED) is 0.585. The van der Waals surface area contributed by atoms with E-state index in [1.807, 2.05) is 4.90 Å². The SMILES string of the molecule is O=C(CN1CCOCC1)Nc1cc(C(=O)Cc2ccc(Br)cn2)ccc1OC(F)(F)F. The van der Waals surface area contributed by atoms with Crippen LogP contribution in [-0.4, -0.2) is 60.8 Å². The molecule has 0 radical (unpaired) electrons. The first kappa shape index (κ1) is 23.2. The van der Waals surface area contributed by atoms with E-state index in [9.17, 15) is 22.8 Å². The predicted octanol–water partition coefficient (Wildman–Crippen LogP) is 3.44. The van der Waals surface area contributed by atoms with Crippen molar-refractivity contribution in [1.29, 1.82) is 0 Å². The fraction of sp³-hybridized carbons (Fsp3) is 0.350. The van der Waals surface area contributed by atoms with Crippen LogP contribution in [0.5, 0.6) is 5.75 Å². The van der Waals surface area contributed by atoms with Gasteiger partial charge in [0.05, 0.1) is 31.9 Å². The molecule has 31 heavy (non-hydrogen) atoms. The number of alkyl halides is 3. The van der Waals surface area contributed by atoms with Crippen LogP contribution < -0.4 is 10.1 Å². The van der Waals surface area contributed by atoms with Crippen molar-refractivity contribution in [3.8, 4) is 5.75 Å². The first-order chi connectivity index (χ1) is 14.7. The third-order valence-electron chi connectivity index (χ3n) is 4.40. The molecule has 1 fully saturated rings. The van der Waals surface area contributed by atoms with Crippen molar-refractivity contribution in [3.05, 3.63) is 52.3 Å². The van der Waals surface area contributed by atoms with E-state index < -0.39 is 18.0 Å². The Labute approximate surface area is 184 Å². The van der Waals surface area contributed by atoms with Gasteiger partial charge in [0.2, 0.25) is 5.91 Å². The highest BCUT2D eigenvalue weighted by molar-refractivity contribution is 9.10. The topological polar surface area (TPSA) is 80.8 Å². The number of carbonyl (C=O) groups is 2. The second-order valence-corrected chi connectivity index (χ2v) is 7.68. The first-order valence-corrected chi connectivity index (χ1v) is 10.1. The van der Waals surface area contributed by atoms with Gasteiger partial charge in [-0.3, -0.25) is 19.5 Å². The number of ether oxygens (including phenoxy) is 2. The molecule has 0 bridgehead atoms. The van der Waals surface area contributed by atoms with Crippen LogP contribution in [0, 0.1) is 0 Å². The second-order valence-electron chi connectivity index (χ2n) is 6.76. The molecule has 3 rings (SSSR count). The van der Waals surface area contributed by atoms with E-state index in [-0.39, 0.29) is 30.0 Å². The summed E-state index contributed by atoms with van der Waals surface area (Å²) in [7, 11) is 0. The maximum absolute atomic E-state index is 12.8. The monoisotopic (exact) mass is 501 g/mol. The number of aromatic nitrogens is 1. The minimum atomic E-state index is -4.95. The predicted molar refractivity (Wildman–Crippen MR) is 109 cm³/mol. The third-order valence-corrected chi connectivity index (χ3v) is 4.87. The van der Waals surface area contributed by atoms with E-state index >= 15 is 0 Å². The molecule has 0 unspecified atom stereocenters. The van der Waals surface area contributed by atoms with Gasteiger partial charge in [-0.1, -0.05) is 0 Å². The van der Waals surface area contributed by atoms with Gasteiger partial charge in [-0.2, -0.15) is 0 Å². The van der Waals surface area contributed by atoms with Gasteiger partial charge in [-0.25, -0.2) is 0 Å². The summed E-state index contributed by atoms with van der Waals surface area (Å²) in [5, 5.41) is 2.43. The number of amides is 1. The lowest BCUT2D eigenvalue weighted by Gasteiger charge is -2.26. The number of halogens is 4. The molecule has 1 aliphatic heterocycles. The molecule has 7 nitrogen and oxygen atoms in total. The molecule has 1 aromatic heterocycles. The lowest BCUT2D eigenvalue weighted by atomic mass is 10.0. The summed E-state index contributed by atoms with van der Waals surface area (Å²) in [5.74, 6) is -1.48. The molecule has 0 spiro atoms. The molecule has 0 saturated carbocycles. The molecule has 2 heterocycles. The van der Waals surface area contributed by atoms with E-state index in [0.29, 0.717) is 32.0 Å². The maximum Gasteiger partial charge on any atom is 0.573 e. The molecular weight excluding hydrogens is 483 g/mol. The molecule has 1 amide bonds. The van der Waals surface area contributed by atoms with E-state index in [2.05, 4.69) is 31.0 Å². The van der Waals surface area contributed by atoms with E-state index in [4.69, 9.17) is 4.74 Å². The summed E-state index contributed by atoms with van der Waals surface area (Å²) in [6.45, 7) is 2.01. The average molecular weight is 502 g/mol. The Morgan fingerprint density at radius 1 is 1.19 bits per heavy atom. The molecule has 1 aliphatic rings. The Morgan fingerprint density at radius 2 is 1.94 bits per heavy atom. The molecule has 1 saturated heterocycles. The summed E-state index contributed by atoms with van der Waals surface area (Å²) in [5.41, 5.74) is 0.396. The molecule has 2 aromatic rings. The minimum Gasteiger partial charge on any atom is -0.404 e. The van der Waals surface area contributed by atoms with Crippen LogP contribution in [-0.2, 0) is 16.0 Å². The van der Waals surface area contributed by atoms with E-state index in [0.717, 1.165) is 10.5 Å². The number of morpholine rings is 1. The van der Waals surface area contributed by atoms with Gasteiger partial charge in [-0.15, -0.1) is 13.2 Å². The number of carbonyl (C=O) groups excluding carboxylic acids is 2. The number of anilines is 1. The van der Waals surface area contributed by atoms with Crippen LogP contribution in [0.1, 0.15) is 16.1 Å². The molecular formula is C20H19BrF3N3O4. The Balaban J connectivity index is 1.77. The fourth-order valence-corrected chi connectivity index (χ4v) is 3.18. The standard InChI is InChI=1S/C20H19BrF3N3O4/c21-14-2-3-15(25-11-14)10-17(28)13-1-4-18(31-20(22,23)24)16(9-13)26-19(29)12-27-5-7-30-8-6-27/h1-4,9,11H,5-8,10,12H2,(H,26,29). The highest BCUT2D eigenvalue weighted by Gasteiger charge is 2.32. The number of ketones is 1. The zero-order chi connectivity index (χ0) is 22.4. The van der Waals surface area contributed by atoms with Crippen LogP contribution >= 0.6 is 15.9 Å². The number of hydrogen-bond donors (Lipinski definition) is 1. The summed E-state index contributed by atoms with van der Waals surface area (Å²) in [6.07, 6.45) is -3.45. The van der Waals surface area contributed by atoms with Crippen LogP contribution in [0.3, 0.4) is 0 Å². The smallest absolute Gasteiger partial charge is 0.404 e. The van der Waals surface area contributed by atoms with Gasteiger partial charge in [0.15, 0.2) is 11.5 Å². The van der Waals surface area contributed by atoms with Crippen molar-refractivity contribution in [1.82, 2.24) is 9.88 Å². The third kappa shape index (κ3) is 7.30. The highest BCUT2D eigenvalue weighted by Crippen LogP contribution is 2.31. The Morgan fingerprint density at radius 3 is 2.58 bits per heavy atom. The van der Waals surface area contributed by atoms with E-state index in [1.165, 1.54) is 12.1 Å². The maximum atomic E-state index is 12.8. The molecule has 0 atom stereocenters. The number of Topliss-reactive ketones (excluding diaryl/α,β-unsaturated/α-hetero) is 1. The molecule has 1 N–H and O–H groups in total. The van der Waals surface area contributed by atoms with Gasteiger partial charge in [0, 0.05) is 35.0 Å². The van der Waals surface area contributed by atoms with E-state index in [1.54, 1.807) is 18.3 Å². The number of nitrogens with zero attached hydrogens (tertiary/aromatic N) is 2. The number of hydrogen-bond acceptors (Lipinski definition) is 6. The van der Waals surface area contributed by atoms with Gasteiger partial charge in [-0.05, 0) is 46.3 Å². The number of rotatable bonds is 7. The number of benzene rings is 1. The van der Waals surface area contributed by atoms with Crippen LogP contribution in [0.15, 0.2) is 41.0 Å². The Kier molecular flexibility index (Phi) is 7.63. The van der Waals surface area contributed by atoms with Crippen molar-refractivity contribution in [2.45, 2.75) is 12.8 Å². The van der Waals surface area contributed by atoms with Gasteiger partial charge in [0.1, 0.15) is 0 Å². The summed E-state index contributed by atoms with van der Waals surface area (Å²) < 4.78 is 48.3. The zero-order valence-corrected chi connectivity index (χ0v) is 17.8. The highest BCUT2D eigenvalue weighted by atomic mass is 79.9. The summed E-state index contributed by atoms with van der Waals surface area (Å²) in [4.78, 5) is 30.9. The summed E-state index contributed by atoms with van der Waals surface area (Å²) >= 11 is 3.25. The average Bonchev–Trinajstić information content (AvgIpc) is 2.70. The van der Waals surface area contributed by atoms with Crippen LogP contribution in [0.4, 0.5) is 18.9 Å². The van der Waals surface area contributed by atoms with Gasteiger partial charge in [0.25, 0.3) is 0 Å². The number of pyridine rings is 1. The van der Waals surface area contributed by atoms with Crippen LogP contribution in [0.2, 0.25) is 0 Å². The summed E-state index contributed by atoms with van der Waals surface area (Å²) in [6, 6.07) is 6.81. The molecule has 0 aliphatic carbocycles. The normalized spacial score (nSPS) is 14.8. The van der Waals surface area contributed by atoms with Gasteiger partial charge >= 0.3 is 6.36 Å². The largest absolute Gasteiger partial charge is 0.573 e. The molecule has 11 heteroatoms. The first-order valence-electron chi connectivity index (χ1n) is 9.33. The van der Waals surface area contributed by atoms with Crippen molar-refractivity contribution in [2.75, 3.05) is 38.2 Å². The van der Waals surface area contributed by atoms with Crippen molar-refractivity contribution in [2.24, 2.45) is 0 Å². The molecule has 1 aromatic carbocycles.